The molecule has 5 rings (SSSR count). The second-order valence-corrected chi connectivity index (χ2v) is 9.18. The maximum absolute atomic E-state index is 15.3. The van der Waals surface area contributed by atoms with Gasteiger partial charge in [0.2, 0.25) is 11.8 Å². The first-order valence-corrected chi connectivity index (χ1v) is 12.1. The minimum Gasteiger partial charge on any atom is -0.364 e. The Morgan fingerprint density at radius 3 is 2.54 bits per heavy atom. The molecule has 4 aromatic rings. The van der Waals surface area contributed by atoms with Crippen molar-refractivity contribution in [2.45, 2.75) is 25.4 Å². The van der Waals surface area contributed by atoms with Crippen molar-refractivity contribution in [1.29, 1.82) is 0 Å². The summed E-state index contributed by atoms with van der Waals surface area (Å²) in [6.07, 6.45) is 1.06. The van der Waals surface area contributed by atoms with Crippen LogP contribution in [0.2, 0.25) is 5.02 Å². The molecular formula is C27H23ClFN5O3. The van der Waals surface area contributed by atoms with Gasteiger partial charge < -0.3 is 16.0 Å². The Kier molecular flexibility index (Phi) is 6.62. The summed E-state index contributed by atoms with van der Waals surface area (Å²) in [5.74, 6) is -2.12. The highest BCUT2D eigenvalue weighted by molar-refractivity contribution is 6.33. The number of nitrogens with two attached hydrogens (primary N) is 1. The number of aromatic nitrogens is 2. The molecule has 1 saturated heterocycles. The number of benzene rings is 3. The van der Waals surface area contributed by atoms with E-state index in [1.54, 1.807) is 60.7 Å². The normalized spacial score (nSPS) is 15.2. The molecule has 3 amide bonds. The molecule has 1 fully saturated rings. The van der Waals surface area contributed by atoms with Crippen LogP contribution in [0.25, 0.3) is 22.0 Å². The van der Waals surface area contributed by atoms with E-state index >= 15 is 4.39 Å². The first kappa shape index (κ1) is 24.5. The summed E-state index contributed by atoms with van der Waals surface area (Å²) >= 11 is 6.24. The van der Waals surface area contributed by atoms with E-state index in [4.69, 9.17) is 17.3 Å². The molecule has 10 heteroatoms. The average molecular weight is 520 g/mol. The Hall–Kier alpha value is -4.24. The van der Waals surface area contributed by atoms with E-state index in [0.29, 0.717) is 40.9 Å². The molecule has 0 spiro atoms. The van der Waals surface area contributed by atoms with E-state index in [0.717, 1.165) is 0 Å². The van der Waals surface area contributed by atoms with Gasteiger partial charge >= 0.3 is 0 Å². The number of rotatable bonds is 6. The topological polar surface area (TPSA) is 110 Å². The largest absolute Gasteiger partial charge is 0.364 e. The molecule has 1 aromatic heterocycles. The highest BCUT2D eigenvalue weighted by Crippen LogP contribution is 2.33. The number of likely N-dealkylation sites (tertiary alicyclic amines) is 1. The van der Waals surface area contributed by atoms with E-state index in [9.17, 15) is 14.4 Å². The van der Waals surface area contributed by atoms with E-state index in [1.165, 1.54) is 15.6 Å². The van der Waals surface area contributed by atoms with Crippen LogP contribution in [0, 0.1) is 5.82 Å². The van der Waals surface area contributed by atoms with Gasteiger partial charge in [-0.3, -0.25) is 19.1 Å². The summed E-state index contributed by atoms with van der Waals surface area (Å²) in [5, 5.41) is 7.81. The second-order valence-electron chi connectivity index (χ2n) is 8.77. The van der Waals surface area contributed by atoms with Crippen molar-refractivity contribution in [2.75, 3.05) is 11.9 Å². The molecule has 188 valence electrons. The minimum atomic E-state index is -0.770. The Morgan fingerprint density at radius 1 is 1.03 bits per heavy atom. The fourth-order valence-corrected chi connectivity index (χ4v) is 4.96. The first-order valence-electron chi connectivity index (χ1n) is 11.7. The van der Waals surface area contributed by atoms with Crippen LogP contribution in [-0.4, -0.2) is 45.0 Å². The maximum Gasteiger partial charge on any atom is 0.269 e. The van der Waals surface area contributed by atoms with Crippen molar-refractivity contribution in [3.63, 3.8) is 0 Å². The molecule has 1 aliphatic rings. The van der Waals surface area contributed by atoms with Gasteiger partial charge in [0.25, 0.3) is 5.91 Å². The predicted octanol–water partition coefficient (Wildman–Crippen LogP) is 4.22. The van der Waals surface area contributed by atoms with E-state index in [-0.39, 0.29) is 29.4 Å². The third-order valence-corrected chi connectivity index (χ3v) is 6.80. The fourth-order valence-electron chi connectivity index (χ4n) is 4.72. The zero-order valence-corrected chi connectivity index (χ0v) is 20.4. The van der Waals surface area contributed by atoms with E-state index in [2.05, 4.69) is 10.4 Å². The van der Waals surface area contributed by atoms with Gasteiger partial charge in [0, 0.05) is 28.1 Å². The van der Waals surface area contributed by atoms with Crippen molar-refractivity contribution in [3.05, 3.63) is 83.3 Å². The predicted molar refractivity (Wildman–Crippen MR) is 138 cm³/mol. The number of fused-ring (bicyclic) bond motifs is 1. The lowest BCUT2D eigenvalue weighted by Crippen LogP contribution is -2.44. The van der Waals surface area contributed by atoms with E-state index < -0.39 is 23.7 Å². The van der Waals surface area contributed by atoms with Crippen molar-refractivity contribution >= 4 is 45.9 Å². The van der Waals surface area contributed by atoms with Gasteiger partial charge in [-0.25, -0.2) is 4.39 Å². The summed E-state index contributed by atoms with van der Waals surface area (Å²) < 4.78 is 16.8. The third-order valence-electron chi connectivity index (χ3n) is 6.47. The zero-order chi connectivity index (χ0) is 26.1. The molecule has 3 aromatic carbocycles. The highest BCUT2D eigenvalue weighted by atomic mass is 35.5. The Balaban J connectivity index is 1.35. The first-order chi connectivity index (χ1) is 17.8. The lowest BCUT2D eigenvalue weighted by molar-refractivity contribution is -0.137. The molecule has 0 radical (unpaired) electrons. The van der Waals surface area contributed by atoms with Gasteiger partial charge in [-0.05, 0) is 31.0 Å². The van der Waals surface area contributed by atoms with Gasteiger partial charge in [-0.15, -0.1) is 0 Å². The number of halogens is 2. The highest BCUT2D eigenvalue weighted by Gasteiger charge is 2.35. The van der Waals surface area contributed by atoms with Crippen LogP contribution in [0.3, 0.4) is 0 Å². The van der Waals surface area contributed by atoms with Crippen molar-refractivity contribution < 1.29 is 18.8 Å². The maximum atomic E-state index is 15.3. The molecule has 1 atom stereocenters. The van der Waals surface area contributed by atoms with Crippen LogP contribution in [0.1, 0.15) is 23.3 Å². The number of amides is 3. The van der Waals surface area contributed by atoms with Crippen molar-refractivity contribution in [1.82, 2.24) is 14.7 Å². The van der Waals surface area contributed by atoms with Crippen molar-refractivity contribution in [3.8, 4) is 11.1 Å². The Morgan fingerprint density at radius 2 is 1.76 bits per heavy atom. The number of primary amides is 1. The van der Waals surface area contributed by atoms with Crippen LogP contribution in [0.4, 0.5) is 10.1 Å². The van der Waals surface area contributed by atoms with Gasteiger partial charge in [0.15, 0.2) is 11.5 Å². The molecule has 37 heavy (non-hydrogen) atoms. The molecule has 0 saturated carbocycles. The quantitative estimate of drug-likeness (QED) is 0.397. The summed E-state index contributed by atoms with van der Waals surface area (Å²) in [6.45, 7) is 0.203. The van der Waals surface area contributed by atoms with E-state index in [1.807, 2.05) is 0 Å². The second kappa shape index (κ2) is 10.0. The molecule has 3 N–H and O–H groups in total. The molecule has 0 aliphatic carbocycles. The number of hydrogen-bond donors (Lipinski definition) is 2. The number of carbonyl (C=O) groups is 3. The number of hydrogen-bond acceptors (Lipinski definition) is 4. The molecular weight excluding hydrogens is 497 g/mol. The number of para-hydroxylation sites is 1. The standard InChI is InChI=1S/C27H23ClFN5O3/c28-19-10-3-1-7-16(19)17-9-5-11-20(24(17)29)31-27(37)22-13-6-14-33(22)23(35)15-34-21-12-4-2-8-18(21)25(32-34)26(30)36/h1-5,7-12,22H,6,13-15H2,(H2,30,36)(H,31,37). The van der Waals surface area contributed by atoms with Gasteiger partial charge in [0.1, 0.15) is 12.6 Å². The summed E-state index contributed by atoms with van der Waals surface area (Å²) in [7, 11) is 0. The Bertz CT molecular complexity index is 1540. The van der Waals surface area contributed by atoms with Crippen LogP contribution < -0.4 is 11.1 Å². The van der Waals surface area contributed by atoms with Crippen LogP contribution in [0.15, 0.2) is 66.7 Å². The number of anilines is 1. The number of carbonyl (C=O) groups excluding carboxylic acids is 3. The zero-order valence-electron chi connectivity index (χ0n) is 19.7. The van der Waals surface area contributed by atoms with Gasteiger partial charge in [-0.2, -0.15) is 5.10 Å². The van der Waals surface area contributed by atoms with Gasteiger partial charge in [-0.1, -0.05) is 60.1 Å². The monoisotopic (exact) mass is 519 g/mol. The molecule has 1 aliphatic heterocycles. The van der Waals surface area contributed by atoms with Crippen LogP contribution in [0.5, 0.6) is 0 Å². The number of nitrogens with one attached hydrogen (secondary N) is 1. The minimum absolute atomic E-state index is 0.00545. The molecule has 8 nitrogen and oxygen atoms in total. The molecule has 1 unspecified atom stereocenters. The summed E-state index contributed by atoms with van der Waals surface area (Å²) in [4.78, 5) is 39.7. The molecule has 0 bridgehead atoms. The van der Waals surface area contributed by atoms with Gasteiger partial charge in [0.05, 0.1) is 11.2 Å². The SMILES string of the molecule is NC(=O)c1nn(CC(=O)N2CCCC2C(=O)Nc2cccc(-c3ccccc3Cl)c2F)c2ccccc12. The van der Waals surface area contributed by atoms with Crippen molar-refractivity contribution in [2.24, 2.45) is 5.73 Å². The summed E-state index contributed by atoms with van der Waals surface area (Å²) in [5.41, 5.74) is 6.89. The lowest BCUT2D eigenvalue weighted by atomic mass is 10.0. The average Bonchev–Trinajstić information content (AvgIpc) is 3.52. The third kappa shape index (κ3) is 4.65. The number of nitrogens with zero attached hydrogens (tertiary/aromatic N) is 3. The fraction of sp³-hybridized carbons (Fsp3) is 0.185. The Labute approximate surface area is 216 Å². The molecule has 2 heterocycles. The summed E-state index contributed by atoms with van der Waals surface area (Å²) in [6, 6.07) is 17.8. The smallest absolute Gasteiger partial charge is 0.269 e. The van der Waals surface area contributed by atoms with Crippen LogP contribution >= 0.6 is 11.6 Å². The van der Waals surface area contributed by atoms with Crippen LogP contribution in [-0.2, 0) is 16.1 Å². The lowest BCUT2D eigenvalue weighted by Gasteiger charge is -2.24.